The van der Waals surface area contributed by atoms with Crippen molar-refractivity contribution in [2.75, 3.05) is 0 Å². The van der Waals surface area contributed by atoms with Crippen LogP contribution in [0.2, 0.25) is 0 Å². The van der Waals surface area contributed by atoms with Crippen LogP contribution in [0.3, 0.4) is 0 Å². The fraction of sp³-hybridized carbons (Fsp3) is 0.400. The minimum absolute atomic E-state index is 0.625. The average Bonchev–Trinajstić information content (AvgIpc) is 2.97. The van der Waals surface area contributed by atoms with Crippen molar-refractivity contribution in [1.82, 2.24) is 9.97 Å². The maximum Gasteiger partial charge on any atom is 0.246 e. The normalized spacial score (nSPS) is 11.5. The van der Waals surface area contributed by atoms with E-state index in [0.717, 1.165) is 28.1 Å². The molecule has 0 fully saturated rings. The van der Waals surface area contributed by atoms with Crippen molar-refractivity contribution in [3.8, 4) is 11.6 Å². The Kier molecular flexibility index (Phi) is 3.55. The van der Waals surface area contributed by atoms with Crippen LogP contribution in [0.4, 0.5) is 0 Å². The first-order valence-corrected chi connectivity index (χ1v) is 8.05. The highest BCUT2D eigenvalue weighted by Crippen LogP contribution is 2.34. The van der Waals surface area contributed by atoms with Gasteiger partial charge in [-0.3, -0.25) is 0 Å². The van der Waals surface area contributed by atoms with E-state index < -0.39 is 0 Å². The van der Waals surface area contributed by atoms with Gasteiger partial charge in [-0.15, -0.1) is 0 Å². The van der Waals surface area contributed by atoms with Gasteiger partial charge in [0.05, 0.1) is 0 Å². The Balaban J connectivity index is 2.36. The quantitative estimate of drug-likeness (QED) is 0.607. The summed E-state index contributed by atoms with van der Waals surface area (Å²) in [5.41, 5.74) is 12.3. The number of rotatable bonds is 1. The van der Waals surface area contributed by atoms with Crippen LogP contribution in [0.1, 0.15) is 44.6 Å². The minimum atomic E-state index is 0.625. The molecular formula is C20H24N2O. The number of aryl methyl sites for hydroxylation is 3. The number of hydrogen-bond donors (Lipinski definition) is 0. The van der Waals surface area contributed by atoms with Gasteiger partial charge in [0.25, 0.3) is 0 Å². The molecule has 23 heavy (non-hydrogen) atoms. The molecule has 0 N–H and O–H groups in total. The Labute approximate surface area is 137 Å². The lowest BCUT2D eigenvalue weighted by Gasteiger charge is -2.10. The largest absolute Gasteiger partial charge is 0.434 e. The van der Waals surface area contributed by atoms with Gasteiger partial charge in [0.15, 0.2) is 5.58 Å². The van der Waals surface area contributed by atoms with E-state index in [9.17, 15) is 0 Å². The van der Waals surface area contributed by atoms with Crippen molar-refractivity contribution in [2.45, 2.75) is 55.4 Å². The lowest BCUT2D eigenvalue weighted by atomic mass is 9.98. The molecular weight excluding hydrogens is 284 g/mol. The van der Waals surface area contributed by atoms with Crippen LogP contribution >= 0.6 is 0 Å². The monoisotopic (exact) mass is 308 g/mol. The highest BCUT2D eigenvalue weighted by Gasteiger charge is 2.20. The number of hydrogen-bond acceptors (Lipinski definition) is 3. The fourth-order valence-electron chi connectivity index (χ4n) is 3.11. The Hall–Kier alpha value is -2.16. The van der Waals surface area contributed by atoms with Crippen LogP contribution in [0, 0.1) is 55.4 Å². The van der Waals surface area contributed by atoms with Gasteiger partial charge in [0.2, 0.25) is 5.89 Å². The predicted molar refractivity (Wildman–Crippen MR) is 95.1 cm³/mol. The Morgan fingerprint density at radius 3 is 1.78 bits per heavy atom. The first kappa shape index (κ1) is 15.7. The molecule has 3 aromatic rings. The molecule has 0 amide bonds. The smallest absolute Gasteiger partial charge is 0.246 e. The summed E-state index contributed by atoms with van der Waals surface area (Å²) >= 11 is 0. The summed E-state index contributed by atoms with van der Waals surface area (Å²) in [5, 5.41) is 0. The molecule has 0 saturated heterocycles. The molecule has 0 radical (unpaired) electrons. The standard InChI is InChI=1S/C20H24N2O/c1-9-10(2)15(7)19-17(13(9)5)22-20(23-19)18-14(6)11(3)12(4)16(8)21-18/h1-8H3. The SMILES string of the molecule is Cc1nc(-c2nc3c(C)c(C)c(C)c(C)c3o2)c(C)c(C)c1C. The second-order valence-corrected chi connectivity index (χ2v) is 6.62. The van der Waals surface area contributed by atoms with Crippen molar-refractivity contribution in [3.05, 3.63) is 44.6 Å². The highest BCUT2D eigenvalue weighted by molar-refractivity contribution is 5.84. The van der Waals surface area contributed by atoms with Crippen LogP contribution in [-0.2, 0) is 0 Å². The molecule has 0 aliphatic heterocycles. The van der Waals surface area contributed by atoms with Crippen molar-refractivity contribution in [2.24, 2.45) is 0 Å². The Bertz CT molecular complexity index is 904. The van der Waals surface area contributed by atoms with Gasteiger partial charge in [-0.2, -0.15) is 0 Å². The third-order valence-electron chi connectivity index (χ3n) is 5.52. The van der Waals surface area contributed by atoms with Crippen molar-refractivity contribution < 1.29 is 4.42 Å². The molecule has 2 heterocycles. The zero-order valence-electron chi connectivity index (χ0n) is 15.3. The highest BCUT2D eigenvalue weighted by atomic mass is 16.3. The number of pyridine rings is 1. The van der Waals surface area contributed by atoms with E-state index in [0.29, 0.717) is 5.89 Å². The molecule has 0 aliphatic carbocycles. The van der Waals surface area contributed by atoms with Crippen molar-refractivity contribution in [3.63, 3.8) is 0 Å². The molecule has 0 bridgehead atoms. The van der Waals surface area contributed by atoms with E-state index in [1.54, 1.807) is 0 Å². The Morgan fingerprint density at radius 2 is 1.13 bits per heavy atom. The third kappa shape index (κ3) is 2.18. The molecule has 0 spiro atoms. The van der Waals surface area contributed by atoms with Crippen LogP contribution in [0.15, 0.2) is 4.42 Å². The van der Waals surface area contributed by atoms with E-state index in [4.69, 9.17) is 14.4 Å². The average molecular weight is 308 g/mol. The van der Waals surface area contributed by atoms with E-state index in [2.05, 4.69) is 48.5 Å². The number of nitrogens with zero attached hydrogens (tertiary/aromatic N) is 2. The molecule has 3 nitrogen and oxygen atoms in total. The van der Waals surface area contributed by atoms with Gasteiger partial charge < -0.3 is 4.42 Å². The molecule has 0 aliphatic rings. The second kappa shape index (κ2) is 5.19. The second-order valence-electron chi connectivity index (χ2n) is 6.62. The lowest BCUT2D eigenvalue weighted by molar-refractivity contribution is 0.612. The maximum absolute atomic E-state index is 6.16. The molecule has 1 aromatic carbocycles. The van der Waals surface area contributed by atoms with Crippen molar-refractivity contribution >= 4 is 11.1 Å². The fourth-order valence-corrected chi connectivity index (χ4v) is 3.11. The third-order valence-corrected chi connectivity index (χ3v) is 5.52. The molecule has 120 valence electrons. The van der Waals surface area contributed by atoms with Gasteiger partial charge in [0.1, 0.15) is 11.2 Å². The van der Waals surface area contributed by atoms with Gasteiger partial charge >= 0.3 is 0 Å². The van der Waals surface area contributed by atoms with Crippen molar-refractivity contribution in [1.29, 1.82) is 0 Å². The summed E-state index contributed by atoms with van der Waals surface area (Å²) in [6.07, 6.45) is 0. The van der Waals surface area contributed by atoms with Crippen LogP contribution in [0.5, 0.6) is 0 Å². The van der Waals surface area contributed by atoms with Gasteiger partial charge in [-0.1, -0.05) is 0 Å². The summed E-state index contributed by atoms with van der Waals surface area (Å²) in [4.78, 5) is 9.54. The van der Waals surface area contributed by atoms with E-state index in [1.807, 2.05) is 6.92 Å². The zero-order valence-corrected chi connectivity index (χ0v) is 15.3. The Morgan fingerprint density at radius 1 is 0.565 bits per heavy atom. The molecule has 2 aromatic heterocycles. The van der Waals surface area contributed by atoms with Crippen LogP contribution < -0.4 is 0 Å². The summed E-state index contributed by atoms with van der Waals surface area (Å²) in [6.45, 7) is 16.9. The number of fused-ring (bicyclic) bond motifs is 1. The number of benzene rings is 1. The molecule has 0 saturated carbocycles. The van der Waals surface area contributed by atoms with E-state index in [1.165, 1.54) is 33.4 Å². The topological polar surface area (TPSA) is 38.9 Å². The van der Waals surface area contributed by atoms with Gasteiger partial charge in [0, 0.05) is 5.69 Å². The van der Waals surface area contributed by atoms with Crippen LogP contribution in [0.25, 0.3) is 22.7 Å². The summed E-state index contributed by atoms with van der Waals surface area (Å²) in [6, 6.07) is 0. The summed E-state index contributed by atoms with van der Waals surface area (Å²) < 4.78 is 6.16. The molecule has 0 atom stereocenters. The zero-order chi connectivity index (χ0) is 17.0. The minimum Gasteiger partial charge on any atom is -0.434 e. The first-order valence-electron chi connectivity index (χ1n) is 8.05. The van der Waals surface area contributed by atoms with Gasteiger partial charge in [-0.05, 0) is 94.3 Å². The number of aromatic nitrogens is 2. The molecule has 0 unspecified atom stereocenters. The van der Waals surface area contributed by atoms with Crippen LogP contribution in [-0.4, -0.2) is 9.97 Å². The van der Waals surface area contributed by atoms with E-state index >= 15 is 0 Å². The number of oxazole rings is 1. The first-order chi connectivity index (χ1) is 10.7. The maximum atomic E-state index is 6.16. The van der Waals surface area contributed by atoms with Gasteiger partial charge in [-0.25, -0.2) is 9.97 Å². The lowest BCUT2D eigenvalue weighted by Crippen LogP contribution is -1.99. The summed E-state index contributed by atoms with van der Waals surface area (Å²) in [5.74, 6) is 0.625. The predicted octanol–water partition coefficient (Wildman–Crippen LogP) is 5.36. The molecule has 3 heteroatoms. The molecule has 3 rings (SSSR count). The van der Waals surface area contributed by atoms with E-state index in [-0.39, 0.29) is 0 Å². The summed E-state index contributed by atoms with van der Waals surface area (Å²) in [7, 11) is 0.